The molecule has 1 N–H and O–H groups in total. The zero-order chi connectivity index (χ0) is 21.2. The Balaban J connectivity index is 2.22. The summed E-state index contributed by atoms with van der Waals surface area (Å²) in [6.45, 7) is 4.72. The minimum atomic E-state index is -0.575. The van der Waals surface area contributed by atoms with Gasteiger partial charge in [-0.1, -0.05) is 43.3 Å². The lowest BCUT2D eigenvalue weighted by atomic mass is 10.1. The molecule has 2 amide bonds. The number of ether oxygens (including phenoxy) is 2. The predicted molar refractivity (Wildman–Crippen MR) is 113 cm³/mol. The molecule has 0 saturated heterocycles. The van der Waals surface area contributed by atoms with E-state index in [-0.39, 0.29) is 18.2 Å². The average Bonchev–Trinajstić information content (AvgIpc) is 2.75. The molecule has 0 bridgehead atoms. The van der Waals surface area contributed by atoms with E-state index in [1.165, 1.54) is 0 Å². The number of nitrogens with zero attached hydrogens (tertiary/aromatic N) is 1. The van der Waals surface area contributed by atoms with Crippen molar-refractivity contribution in [3.05, 3.63) is 59.7 Å². The van der Waals surface area contributed by atoms with Crippen molar-refractivity contribution in [3.8, 4) is 11.5 Å². The molecule has 6 heteroatoms. The van der Waals surface area contributed by atoms with Gasteiger partial charge >= 0.3 is 0 Å². The molecule has 156 valence electrons. The van der Waals surface area contributed by atoms with Crippen molar-refractivity contribution >= 4 is 11.8 Å². The second kappa shape index (κ2) is 11.1. The summed E-state index contributed by atoms with van der Waals surface area (Å²) in [5.41, 5.74) is 1.77. The fourth-order valence-electron chi connectivity index (χ4n) is 3.03. The Morgan fingerprint density at radius 3 is 2.31 bits per heavy atom. The Kier molecular flexibility index (Phi) is 8.52. The monoisotopic (exact) mass is 398 g/mol. The SMILES string of the molecule is CCCNC(=O)[C@@H](C)N(Cc1ccccc1)C(=O)Cc1ccc(OC)c(OC)c1. The van der Waals surface area contributed by atoms with Gasteiger partial charge in [-0.05, 0) is 36.6 Å². The minimum Gasteiger partial charge on any atom is -0.493 e. The summed E-state index contributed by atoms with van der Waals surface area (Å²) in [6, 6.07) is 14.5. The molecule has 1 atom stereocenters. The maximum Gasteiger partial charge on any atom is 0.242 e. The summed E-state index contributed by atoms with van der Waals surface area (Å²) in [7, 11) is 3.13. The van der Waals surface area contributed by atoms with Gasteiger partial charge in [0.1, 0.15) is 6.04 Å². The largest absolute Gasteiger partial charge is 0.493 e. The van der Waals surface area contributed by atoms with Crippen LogP contribution in [0.25, 0.3) is 0 Å². The van der Waals surface area contributed by atoms with Crippen molar-refractivity contribution in [1.82, 2.24) is 10.2 Å². The van der Waals surface area contributed by atoms with Crippen LogP contribution in [0, 0.1) is 0 Å². The van der Waals surface area contributed by atoms with Gasteiger partial charge in [-0.25, -0.2) is 0 Å². The molecule has 6 nitrogen and oxygen atoms in total. The first-order chi connectivity index (χ1) is 14.0. The number of benzene rings is 2. The van der Waals surface area contributed by atoms with Crippen LogP contribution in [0.2, 0.25) is 0 Å². The third-order valence-corrected chi connectivity index (χ3v) is 4.72. The Labute approximate surface area is 172 Å². The number of methoxy groups -OCH3 is 2. The molecule has 2 rings (SSSR count). The van der Waals surface area contributed by atoms with Gasteiger partial charge < -0.3 is 19.7 Å². The molecule has 0 unspecified atom stereocenters. The van der Waals surface area contributed by atoms with Crippen molar-refractivity contribution < 1.29 is 19.1 Å². The van der Waals surface area contributed by atoms with E-state index in [0.717, 1.165) is 17.5 Å². The molecular formula is C23H30N2O4. The van der Waals surface area contributed by atoms with Gasteiger partial charge in [0, 0.05) is 13.1 Å². The zero-order valence-corrected chi connectivity index (χ0v) is 17.6. The molecule has 0 saturated carbocycles. The zero-order valence-electron chi connectivity index (χ0n) is 17.6. The van der Waals surface area contributed by atoms with E-state index < -0.39 is 6.04 Å². The van der Waals surface area contributed by atoms with Crippen molar-refractivity contribution in [3.63, 3.8) is 0 Å². The third kappa shape index (κ3) is 6.24. The van der Waals surface area contributed by atoms with E-state index in [4.69, 9.17) is 9.47 Å². The average molecular weight is 399 g/mol. The van der Waals surface area contributed by atoms with Crippen LogP contribution in [0.5, 0.6) is 11.5 Å². The Morgan fingerprint density at radius 1 is 1.00 bits per heavy atom. The summed E-state index contributed by atoms with van der Waals surface area (Å²) in [4.78, 5) is 27.3. The first kappa shape index (κ1) is 22.3. The lowest BCUT2D eigenvalue weighted by Gasteiger charge is -2.29. The second-order valence-corrected chi connectivity index (χ2v) is 6.84. The molecule has 0 heterocycles. The molecule has 2 aromatic rings. The number of hydrogen-bond donors (Lipinski definition) is 1. The van der Waals surface area contributed by atoms with Crippen LogP contribution in [-0.2, 0) is 22.6 Å². The van der Waals surface area contributed by atoms with Crippen LogP contribution in [0.1, 0.15) is 31.4 Å². The van der Waals surface area contributed by atoms with Crippen molar-refractivity contribution in [1.29, 1.82) is 0 Å². The number of nitrogens with one attached hydrogen (secondary N) is 1. The highest BCUT2D eigenvalue weighted by Gasteiger charge is 2.26. The van der Waals surface area contributed by atoms with Crippen LogP contribution in [0.3, 0.4) is 0 Å². The Hall–Kier alpha value is -3.02. The number of carbonyl (C=O) groups is 2. The standard InChI is InChI=1S/C23H30N2O4/c1-5-13-24-23(27)17(2)25(16-18-9-7-6-8-10-18)22(26)15-19-11-12-20(28-3)21(14-19)29-4/h6-12,14,17H,5,13,15-16H2,1-4H3,(H,24,27)/t17-/m1/s1. The highest BCUT2D eigenvalue weighted by molar-refractivity contribution is 5.88. The smallest absolute Gasteiger partial charge is 0.242 e. The van der Waals surface area contributed by atoms with Crippen molar-refractivity contribution in [2.24, 2.45) is 0 Å². The number of carbonyl (C=O) groups excluding carboxylic acids is 2. The third-order valence-electron chi connectivity index (χ3n) is 4.72. The van der Waals surface area contributed by atoms with Gasteiger partial charge in [0.2, 0.25) is 11.8 Å². The first-order valence-electron chi connectivity index (χ1n) is 9.82. The van der Waals surface area contributed by atoms with Gasteiger partial charge in [-0.3, -0.25) is 9.59 Å². The number of rotatable bonds is 10. The molecule has 0 radical (unpaired) electrons. The van der Waals surface area contributed by atoms with Crippen molar-refractivity contribution in [2.75, 3.05) is 20.8 Å². The van der Waals surface area contributed by atoms with Gasteiger partial charge in [0.05, 0.1) is 20.6 Å². The summed E-state index contributed by atoms with van der Waals surface area (Å²) in [6.07, 6.45) is 1.01. The highest BCUT2D eigenvalue weighted by atomic mass is 16.5. The predicted octanol–water partition coefficient (Wildman–Crippen LogP) is 3.19. The van der Waals surface area contributed by atoms with Crippen LogP contribution in [-0.4, -0.2) is 43.5 Å². The quantitative estimate of drug-likeness (QED) is 0.667. The van der Waals surface area contributed by atoms with Gasteiger partial charge in [0.25, 0.3) is 0 Å². The van der Waals surface area contributed by atoms with E-state index in [2.05, 4.69) is 5.32 Å². The Morgan fingerprint density at radius 2 is 1.69 bits per heavy atom. The summed E-state index contributed by atoms with van der Waals surface area (Å²) in [5.74, 6) is 0.905. The van der Waals surface area contributed by atoms with Crippen LogP contribution in [0.4, 0.5) is 0 Å². The van der Waals surface area contributed by atoms with Crippen LogP contribution < -0.4 is 14.8 Å². The minimum absolute atomic E-state index is 0.125. The van der Waals surface area contributed by atoms with E-state index in [0.29, 0.717) is 24.6 Å². The first-order valence-corrected chi connectivity index (χ1v) is 9.82. The topological polar surface area (TPSA) is 67.9 Å². The summed E-state index contributed by atoms with van der Waals surface area (Å²) < 4.78 is 10.6. The number of hydrogen-bond acceptors (Lipinski definition) is 4. The molecule has 0 spiro atoms. The van der Waals surface area contributed by atoms with Crippen LogP contribution in [0.15, 0.2) is 48.5 Å². The maximum atomic E-state index is 13.2. The molecular weight excluding hydrogens is 368 g/mol. The Bertz CT molecular complexity index is 808. The molecule has 2 aromatic carbocycles. The van der Waals surface area contributed by atoms with E-state index in [9.17, 15) is 9.59 Å². The molecule has 29 heavy (non-hydrogen) atoms. The molecule has 0 aliphatic rings. The highest BCUT2D eigenvalue weighted by Crippen LogP contribution is 2.28. The van der Waals surface area contributed by atoms with Gasteiger partial charge in [0.15, 0.2) is 11.5 Å². The maximum absolute atomic E-state index is 13.2. The van der Waals surface area contributed by atoms with Crippen LogP contribution >= 0.6 is 0 Å². The molecule has 0 aliphatic heterocycles. The fraction of sp³-hybridized carbons (Fsp3) is 0.391. The van der Waals surface area contributed by atoms with E-state index in [1.54, 1.807) is 38.2 Å². The molecule has 0 aromatic heterocycles. The molecule has 0 aliphatic carbocycles. The normalized spacial score (nSPS) is 11.4. The second-order valence-electron chi connectivity index (χ2n) is 6.84. The number of amides is 2. The van der Waals surface area contributed by atoms with E-state index >= 15 is 0 Å². The lowest BCUT2D eigenvalue weighted by molar-refractivity contribution is -0.140. The van der Waals surface area contributed by atoms with E-state index in [1.807, 2.05) is 43.3 Å². The summed E-state index contributed by atoms with van der Waals surface area (Å²) in [5, 5.41) is 2.88. The lowest BCUT2D eigenvalue weighted by Crippen LogP contribution is -2.48. The van der Waals surface area contributed by atoms with Gasteiger partial charge in [-0.2, -0.15) is 0 Å². The van der Waals surface area contributed by atoms with Gasteiger partial charge in [-0.15, -0.1) is 0 Å². The fourth-order valence-corrected chi connectivity index (χ4v) is 3.03. The molecule has 0 fully saturated rings. The summed E-state index contributed by atoms with van der Waals surface area (Å²) >= 11 is 0. The van der Waals surface area contributed by atoms with Crippen molar-refractivity contribution in [2.45, 2.75) is 39.3 Å².